The molecule has 0 amide bonds. The zero-order valence-electron chi connectivity index (χ0n) is 14.9. The van der Waals surface area contributed by atoms with E-state index in [0.29, 0.717) is 5.57 Å². The smallest absolute Gasteiger partial charge is 0.331 e. The molecule has 22 heavy (non-hydrogen) atoms. The zero-order valence-corrected chi connectivity index (χ0v) is 14.9. The highest BCUT2D eigenvalue weighted by Gasteiger charge is 2.22. The van der Waals surface area contributed by atoms with Crippen molar-refractivity contribution in [3.63, 3.8) is 0 Å². The number of carboxylic acids is 1. The number of unbranched alkanes of at least 4 members (excludes halogenated alkanes) is 2. The van der Waals surface area contributed by atoms with Crippen LogP contribution in [0.1, 0.15) is 66.7 Å². The highest BCUT2D eigenvalue weighted by atomic mass is 16.4. The first-order chi connectivity index (χ1) is 10.3. The van der Waals surface area contributed by atoms with Crippen LogP contribution in [0.4, 0.5) is 0 Å². The molecule has 0 aliphatic rings. The van der Waals surface area contributed by atoms with E-state index in [1.165, 1.54) is 0 Å². The van der Waals surface area contributed by atoms with E-state index in [9.17, 15) is 4.79 Å². The molecule has 0 fully saturated rings. The lowest BCUT2D eigenvalue weighted by Crippen LogP contribution is -2.16. The maximum absolute atomic E-state index is 11.0. The Kier molecular flexibility index (Phi) is 10.3. The molecule has 0 aromatic rings. The summed E-state index contributed by atoms with van der Waals surface area (Å²) in [5.41, 5.74) is 1.30. The number of hydrogen-bond acceptors (Lipinski definition) is 1. The molecule has 0 spiro atoms. The van der Waals surface area contributed by atoms with E-state index in [-0.39, 0.29) is 5.41 Å². The Balaban J connectivity index is 4.16. The molecule has 0 saturated carbocycles. The van der Waals surface area contributed by atoms with E-state index in [0.717, 1.165) is 37.7 Å². The Hall–Kier alpha value is -1.57. The van der Waals surface area contributed by atoms with Gasteiger partial charge in [0.05, 0.1) is 0 Å². The number of hydrogen-bond donors (Lipinski definition) is 1. The Morgan fingerprint density at radius 3 is 1.82 bits per heavy atom. The van der Waals surface area contributed by atoms with Gasteiger partial charge in [0, 0.05) is 5.57 Å². The molecule has 0 rings (SSSR count). The first-order valence-corrected chi connectivity index (χ1v) is 8.15. The second-order valence-corrected chi connectivity index (χ2v) is 6.31. The summed E-state index contributed by atoms with van der Waals surface area (Å²) in [7, 11) is 0. The highest BCUT2D eigenvalue weighted by Crippen LogP contribution is 2.32. The predicted octanol–water partition coefficient (Wildman–Crippen LogP) is 6.07. The van der Waals surface area contributed by atoms with E-state index >= 15 is 0 Å². The Morgan fingerprint density at radius 1 is 0.909 bits per heavy atom. The summed E-state index contributed by atoms with van der Waals surface area (Å²) in [6.07, 6.45) is 18.3. The molecule has 0 radical (unpaired) electrons. The quantitative estimate of drug-likeness (QED) is 0.302. The van der Waals surface area contributed by atoms with E-state index in [1.807, 2.05) is 13.8 Å². The molecule has 0 bridgehead atoms. The van der Waals surface area contributed by atoms with Crippen molar-refractivity contribution in [1.29, 1.82) is 0 Å². The van der Waals surface area contributed by atoms with E-state index in [4.69, 9.17) is 5.11 Å². The van der Waals surface area contributed by atoms with Crippen LogP contribution in [0.15, 0.2) is 47.6 Å². The predicted molar refractivity (Wildman–Crippen MR) is 96.0 cm³/mol. The molecule has 0 aromatic carbocycles. The van der Waals surface area contributed by atoms with Crippen LogP contribution in [-0.4, -0.2) is 11.1 Å². The average Bonchev–Trinajstić information content (AvgIpc) is 2.47. The van der Waals surface area contributed by atoms with Crippen LogP contribution in [0, 0.1) is 5.41 Å². The molecule has 1 N–H and O–H groups in total. The SMILES string of the molecule is CC=CCCC=CCCC=CCC(C)(C)C(C)=C(C)C(=O)O. The average molecular weight is 304 g/mol. The van der Waals surface area contributed by atoms with Gasteiger partial charge >= 0.3 is 5.97 Å². The second kappa shape index (κ2) is 11.1. The topological polar surface area (TPSA) is 37.3 Å². The van der Waals surface area contributed by atoms with Gasteiger partial charge < -0.3 is 5.11 Å². The summed E-state index contributed by atoms with van der Waals surface area (Å²) in [6, 6.07) is 0. The monoisotopic (exact) mass is 304 g/mol. The Labute approximate surface area is 136 Å². The Morgan fingerprint density at radius 2 is 1.36 bits per heavy atom. The normalized spacial score (nSPS) is 14.2. The number of allylic oxidation sites excluding steroid dienone is 7. The van der Waals surface area contributed by atoms with Gasteiger partial charge in [-0.3, -0.25) is 0 Å². The van der Waals surface area contributed by atoms with Crippen molar-refractivity contribution in [2.24, 2.45) is 5.41 Å². The summed E-state index contributed by atoms with van der Waals surface area (Å²) in [6.45, 7) is 9.85. The summed E-state index contributed by atoms with van der Waals surface area (Å²) in [4.78, 5) is 11.0. The fraction of sp³-hybridized carbons (Fsp3) is 0.550. The van der Waals surface area contributed by atoms with Gasteiger partial charge in [0.15, 0.2) is 0 Å². The fourth-order valence-electron chi connectivity index (χ4n) is 2.10. The van der Waals surface area contributed by atoms with Crippen molar-refractivity contribution in [3.05, 3.63) is 47.6 Å². The first-order valence-electron chi connectivity index (χ1n) is 8.15. The molecule has 0 heterocycles. The van der Waals surface area contributed by atoms with Crippen molar-refractivity contribution >= 4 is 5.97 Å². The number of carboxylic acid groups (broad SMARTS) is 1. The Bertz CT molecular complexity index is 448. The van der Waals surface area contributed by atoms with Gasteiger partial charge in [-0.15, -0.1) is 0 Å². The molecule has 124 valence electrons. The van der Waals surface area contributed by atoms with Crippen LogP contribution in [-0.2, 0) is 4.79 Å². The standard InChI is InChI=1S/C20H32O2/c1-6-7-8-9-10-11-12-13-14-15-16-20(4,5)18(3)17(2)19(21)22/h6-7,10-11,14-15H,8-9,12-13,16H2,1-5H3,(H,21,22). The number of carbonyl (C=O) groups is 1. The van der Waals surface area contributed by atoms with Gasteiger partial charge in [0.25, 0.3) is 0 Å². The first kappa shape index (κ1) is 20.4. The second-order valence-electron chi connectivity index (χ2n) is 6.31. The molecule has 0 atom stereocenters. The molecule has 2 nitrogen and oxygen atoms in total. The van der Waals surface area contributed by atoms with E-state index in [2.05, 4.69) is 50.3 Å². The van der Waals surface area contributed by atoms with Crippen LogP contribution in [0.25, 0.3) is 0 Å². The lowest BCUT2D eigenvalue weighted by Gasteiger charge is -2.25. The molecule has 0 unspecified atom stereocenters. The molecule has 0 aliphatic carbocycles. The van der Waals surface area contributed by atoms with Gasteiger partial charge in [-0.1, -0.05) is 55.9 Å². The molecular formula is C20H32O2. The minimum absolute atomic E-state index is 0.110. The van der Waals surface area contributed by atoms with Gasteiger partial charge in [-0.25, -0.2) is 4.79 Å². The van der Waals surface area contributed by atoms with Crippen molar-refractivity contribution in [3.8, 4) is 0 Å². The number of rotatable bonds is 10. The minimum atomic E-state index is -0.822. The van der Waals surface area contributed by atoms with Crippen molar-refractivity contribution in [2.45, 2.75) is 66.7 Å². The van der Waals surface area contributed by atoms with Gasteiger partial charge in [0.1, 0.15) is 0 Å². The third-order valence-electron chi connectivity index (χ3n) is 4.10. The highest BCUT2D eigenvalue weighted by molar-refractivity contribution is 5.86. The molecule has 0 aliphatic heterocycles. The summed E-state index contributed by atoms with van der Waals surface area (Å²) in [5.74, 6) is -0.822. The third kappa shape index (κ3) is 8.66. The summed E-state index contributed by atoms with van der Waals surface area (Å²) >= 11 is 0. The minimum Gasteiger partial charge on any atom is -0.478 e. The number of aliphatic carboxylic acids is 1. The van der Waals surface area contributed by atoms with E-state index in [1.54, 1.807) is 6.92 Å². The summed E-state index contributed by atoms with van der Waals surface area (Å²) in [5, 5.41) is 9.07. The molecular weight excluding hydrogens is 272 g/mol. The van der Waals surface area contributed by atoms with Crippen molar-refractivity contribution in [2.75, 3.05) is 0 Å². The van der Waals surface area contributed by atoms with Gasteiger partial charge in [-0.2, -0.15) is 0 Å². The fourth-order valence-corrected chi connectivity index (χ4v) is 2.10. The third-order valence-corrected chi connectivity index (χ3v) is 4.10. The van der Waals surface area contributed by atoms with Crippen LogP contribution >= 0.6 is 0 Å². The molecule has 2 heteroatoms. The summed E-state index contributed by atoms with van der Waals surface area (Å²) < 4.78 is 0. The lowest BCUT2D eigenvalue weighted by molar-refractivity contribution is -0.132. The van der Waals surface area contributed by atoms with Gasteiger partial charge in [0.2, 0.25) is 0 Å². The zero-order chi connectivity index (χ0) is 17.0. The van der Waals surface area contributed by atoms with Crippen LogP contribution in [0.3, 0.4) is 0 Å². The maximum Gasteiger partial charge on any atom is 0.331 e. The van der Waals surface area contributed by atoms with Crippen molar-refractivity contribution < 1.29 is 9.90 Å². The van der Waals surface area contributed by atoms with Crippen LogP contribution < -0.4 is 0 Å². The van der Waals surface area contributed by atoms with E-state index < -0.39 is 5.97 Å². The maximum atomic E-state index is 11.0. The van der Waals surface area contributed by atoms with Crippen LogP contribution in [0.2, 0.25) is 0 Å². The molecule has 0 aromatic heterocycles. The molecule has 0 saturated heterocycles. The largest absolute Gasteiger partial charge is 0.478 e. The van der Waals surface area contributed by atoms with Gasteiger partial charge in [-0.05, 0) is 58.3 Å². The van der Waals surface area contributed by atoms with Crippen LogP contribution in [0.5, 0.6) is 0 Å². The lowest BCUT2D eigenvalue weighted by atomic mass is 9.79. The van der Waals surface area contributed by atoms with Crippen molar-refractivity contribution in [1.82, 2.24) is 0 Å².